The molecule has 0 bridgehead atoms. The second kappa shape index (κ2) is 7.26. The molecule has 0 aliphatic carbocycles. The van der Waals surface area contributed by atoms with Gasteiger partial charge in [-0.15, -0.1) is 0 Å². The largest absolute Gasteiger partial charge is 0.344 e. The van der Waals surface area contributed by atoms with Gasteiger partial charge in [-0.1, -0.05) is 28.5 Å². The molecule has 0 radical (unpaired) electrons. The highest BCUT2D eigenvalue weighted by atomic mass is 33.1. The summed E-state index contributed by atoms with van der Waals surface area (Å²) < 4.78 is 0. The third kappa shape index (κ3) is 5.99. The van der Waals surface area contributed by atoms with E-state index in [4.69, 9.17) is 0 Å². The Balaban J connectivity index is 3.77. The Morgan fingerprint density at radius 3 is 2.62 bits per heavy atom. The topological polar surface area (TPSA) is 46.2 Å². The van der Waals surface area contributed by atoms with Crippen LogP contribution in [0.5, 0.6) is 0 Å². The Kier molecular flexibility index (Phi) is 7.17. The first-order chi connectivity index (χ1) is 6.11. The van der Waals surface area contributed by atoms with E-state index in [0.29, 0.717) is 6.42 Å². The van der Waals surface area contributed by atoms with Gasteiger partial charge >= 0.3 is 0 Å². The summed E-state index contributed by atoms with van der Waals surface area (Å²) in [7, 11) is 3.20. The van der Waals surface area contributed by atoms with Crippen LogP contribution in [-0.2, 0) is 9.59 Å². The highest BCUT2D eigenvalue weighted by Crippen LogP contribution is 2.21. The van der Waals surface area contributed by atoms with Crippen molar-refractivity contribution < 1.29 is 9.59 Å². The number of carbonyl (C=O) groups is 2. The first-order valence-electron chi connectivity index (χ1n) is 4.05. The summed E-state index contributed by atoms with van der Waals surface area (Å²) in [6.07, 6.45) is 3.03. The first kappa shape index (κ1) is 12.8. The molecule has 0 aromatic rings. The highest BCUT2D eigenvalue weighted by molar-refractivity contribution is 8.76. The van der Waals surface area contributed by atoms with Crippen LogP contribution in [0.25, 0.3) is 0 Å². The van der Waals surface area contributed by atoms with Crippen LogP contribution in [0.4, 0.5) is 0 Å². The monoisotopic (exact) mass is 221 g/mol. The molecule has 5 heteroatoms. The van der Waals surface area contributed by atoms with E-state index in [1.165, 1.54) is 0 Å². The summed E-state index contributed by atoms with van der Waals surface area (Å²) in [5.74, 6) is -0.274. The van der Waals surface area contributed by atoms with Gasteiger partial charge in [0.1, 0.15) is 6.29 Å². The lowest BCUT2D eigenvalue weighted by Crippen LogP contribution is -2.34. The lowest BCUT2D eigenvalue weighted by molar-refractivity contribution is -0.126. The van der Waals surface area contributed by atoms with Crippen LogP contribution in [0.3, 0.4) is 0 Å². The average molecular weight is 221 g/mol. The van der Waals surface area contributed by atoms with Gasteiger partial charge in [-0.2, -0.15) is 0 Å². The molecule has 1 N–H and O–H groups in total. The van der Waals surface area contributed by atoms with E-state index in [2.05, 4.69) is 5.32 Å². The number of amides is 1. The Morgan fingerprint density at radius 1 is 1.54 bits per heavy atom. The Bertz CT molecular complexity index is 176. The molecule has 1 amide bonds. The smallest absolute Gasteiger partial charge is 0.224 e. The summed E-state index contributed by atoms with van der Waals surface area (Å²) in [6, 6.07) is 0. The fourth-order valence-electron chi connectivity index (χ4n) is 0.762. The number of hydrogen-bond acceptors (Lipinski definition) is 4. The second-order valence-electron chi connectivity index (χ2n) is 2.72. The average Bonchev–Trinajstić information content (AvgIpc) is 2.05. The van der Waals surface area contributed by atoms with Gasteiger partial charge < -0.3 is 10.1 Å². The molecule has 0 aliphatic rings. The van der Waals surface area contributed by atoms with Crippen LogP contribution in [-0.4, -0.2) is 23.8 Å². The van der Waals surface area contributed by atoms with E-state index in [1.807, 2.05) is 13.2 Å². The van der Waals surface area contributed by atoms with Gasteiger partial charge in [-0.05, 0) is 13.2 Å². The SMILES string of the molecule is CSSC(C)NC(=O)C(C)CC=O. The lowest BCUT2D eigenvalue weighted by Gasteiger charge is -2.14. The predicted octanol–water partition coefficient (Wildman–Crippen LogP) is 1.68. The quantitative estimate of drug-likeness (QED) is 0.421. The van der Waals surface area contributed by atoms with Gasteiger partial charge in [0.15, 0.2) is 0 Å². The summed E-state index contributed by atoms with van der Waals surface area (Å²) in [5.41, 5.74) is 0. The molecule has 13 heavy (non-hydrogen) atoms. The van der Waals surface area contributed by atoms with E-state index in [1.54, 1.807) is 28.5 Å². The van der Waals surface area contributed by atoms with E-state index < -0.39 is 0 Å². The Hall–Kier alpha value is -0.160. The van der Waals surface area contributed by atoms with Gasteiger partial charge in [-0.3, -0.25) is 4.79 Å². The fraction of sp³-hybridized carbons (Fsp3) is 0.750. The number of carbonyl (C=O) groups excluding carboxylic acids is 2. The lowest BCUT2D eigenvalue weighted by atomic mass is 10.1. The zero-order chi connectivity index (χ0) is 10.3. The van der Waals surface area contributed by atoms with Crippen LogP contribution in [0.2, 0.25) is 0 Å². The molecule has 76 valence electrons. The van der Waals surface area contributed by atoms with Crippen LogP contribution < -0.4 is 5.32 Å². The number of rotatable bonds is 6. The van der Waals surface area contributed by atoms with E-state index >= 15 is 0 Å². The van der Waals surface area contributed by atoms with Gasteiger partial charge in [-0.25, -0.2) is 0 Å². The van der Waals surface area contributed by atoms with E-state index in [-0.39, 0.29) is 17.2 Å². The molecule has 0 heterocycles. The minimum atomic E-state index is -0.220. The van der Waals surface area contributed by atoms with E-state index in [9.17, 15) is 9.59 Å². The van der Waals surface area contributed by atoms with Crippen molar-refractivity contribution in [1.29, 1.82) is 0 Å². The zero-order valence-corrected chi connectivity index (χ0v) is 9.71. The van der Waals surface area contributed by atoms with Crippen LogP contribution >= 0.6 is 21.6 Å². The maximum absolute atomic E-state index is 11.3. The molecule has 0 aromatic heterocycles. The second-order valence-corrected chi connectivity index (χ2v) is 5.53. The van der Waals surface area contributed by atoms with Crippen molar-refractivity contribution in [2.45, 2.75) is 25.6 Å². The van der Waals surface area contributed by atoms with Gasteiger partial charge in [0, 0.05) is 12.3 Å². The van der Waals surface area contributed by atoms with Crippen molar-refractivity contribution in [3.05, 3.63) is 0 Å². The van der Waals surface area contributed by atoms with Gasteiger partial charge in [0.05, 0.1) is 5.37 Å². The molecule has 0 saturated carbocycles. The highest BCUT2D eigenvalue weighted by Gasteiger charge is 2.14. The molecule has 0 saturated heterocycles. The van der Waals surface area contributed by atoms with Crippen molar-refractivity contribution >= 4 is 33.8 Å². The predicted molar refractivity (Wildman–Crippen MR) is 58.6 cm³/mol. The summed E-state index contributed by atoms with van der Waals surface area (Å²) in [4.78, 5) is 21.5. The van der Waals surface area contributed by atoms with Crippen molar-refractivity contribution in [2.75, 3.05) is 6.26 Å². The zero-order valence-electron chi connectivity index (χ0n) is 8.07. The first-order valence-corrected chi connectivity index (χ1v) is 6.67. The number of nitrogens with one attached hydrogen (secondary N) is 1. The molecule has 0 fully saturated rings. The van der Waals surface area contributed by atoms with Crippen molar-refractivity contribution in [3.63, 3.8) is 0 Å². The van der Waals surface area contributed by atoms with Crippen molar-refractivity contribution in [1.82, 2.24) is 5.32 Å². The molecule has 2 unspecified atom stereocenters. The maximum atomic E-state index is 11.3. The van der Waals surface area contributed by atoms with Crippen molar-refractivity contribution in [3.8, 4) is 0 Å². The number of aldehydes is 1. The molecule has 0 rings (SSSR count). The van der Waals surface area contributed by atoms with Gasteiger partial charge in [0.2, 0.25) is 5.91 Å². The third-order valence-electron chi connectivity index (χ3n) is 1.48. The summed E-state index contributed by atoms with van der Waals surface area (Å²) in [5, 5.41) is 2.90. The minimum absolute atomic E-state index is 0.0545. The summed E-state index contributed by atoms with van der Waals surface area (Å²) in [6.45, 7) is 3.67. The molecule has 3 nitrogen and oxygen atoms in total. The molecule has 0 aromatic carbocycles. The van der Waals surface area contributed by atoms with Crippen LogP contribution in [0, 0.1) is 5.92 Å². The molecular weight excluding hydrogens is 206 g/mol. The third-order valence-corrected chi connectivity index (χ3v) is 3.53. The fourth-order valence-corrected chi connectivity index (χ4v) is 2.23. The Labute approximate surface area is 86.8 Å². The number of hydrogen-bond donors (Lipinski definition) is 1. The van der Waals surface area contributed by atoms with Crippen molar-refractivity contribution in [2.24, 2.45) is 5.92 Å². The van der Waals surface area contributed by atoms with Crippen LogP contribution in [0.1, 0.15) is 20.3 Å². The minimum Gasteiger partial charge on any atom is -0.344 e. The summed E-state index contributed by atoms with van der Waals surface area (Å²) >= 11 is 0. The maximum Gasteiger partial charge on any atom is 0.224 e. The molecule has 2 atom stereocenters. The van der Waals surface area contributed by atoms with Gasteiger partial charge in [0.25, 0.3) is 0 Å². The van der Waals surface area contributed by atoms with E-state index in [0.717, 1.165) is 6.29 Å². The Morgan fingerprint density at radius 2 is 2.15 bits per heavy atom. The molecule has 0 spiro atoms. The molecular formula is C8H15NO2S2. The normalized spacial score (nSPS) is 14.7. The standard InChI is InChI=1S/C8H15NO2S2/c1-6(4-5-10)8(11)9-7(2)13-12-3/h5-7H,4H2,1-3H3,(H,9,11). The molecule has 0 aliphatic heterocycles. The van der Waals surface area contributed by atoms with Crippen LogP contribution in [0.15, 0.2) is 0 Å².